The summed E-state index contributed by atoms with van der Waals surface area (Å²) >= 11 is 0. The van der Waals surface area contributed by atoms with E-state index in [9.17, 15) is 5.26 Å². The zero-order chi connectivity index (χ0) is 13.2. The second-order valence-electron chi connectivity index (χ2n) is 6.45. The summed E-state index contributed by atoms with van der Waals surface area (Å²) in [6.45, 7) is 7.49. The first-order valence-electron chi connectivity index (χ1n) is 7.46. The predicted octanol–water partition coefficient (Wildman–Crippen LogP) is 2.25. The van der Waals surface area contributed by atoms with E-state index in [1.165, 1.54) is 19.3 Å². The first-order chi connectivity index (χ1) is 8.61. The first-order valence-corrected chi connectivity index (χ1v) is 7.46. The van der Waals surface area contributed by atoms with Gasteiger partial charge in [0.05, 0.1) is 6.07 Å². The molecule has 0 spiro atoms. The van der Waals surface area contributed by atoms with Crippen LogP contribution in [-0.2, 0) is 0 Å². The molecule has 0 aromatic carbocycles. The molecule has 0 aromatic rings. The fourth-order valence-corrected chi connectivity index (χ4v) is 2.96. The molecule has 3 atom stereocenters. The van der Waals surface area contributed by atoms with Crippen molar-refractivity contribution in [2.45, 2.75) is 45.1 Å². The fraction of sp³-hybridized carbons (Fsp3) is 0.933. The number of hydrogen-bond donors (Lipinski definition) is 1. The highest BCUT2D eigenvalue weighted by Crippen LogP contribution is 2.41. The van der Waals surface area contributed by atoms with Crippen molar-refractivity contribution >= 4 is 0 Å². The Labute approximate surface area is 112 Å². The summed E-state index contributed by atoms with van der Waals surface area (Å²) in [5.41, 5.74) is -0.289. The van der Waals surface area contributed by atoms with Gasteiger partial charge in [0.2, 0.25) is 0 Å². The Kier molecular flexibility index (Phi) is 4.29. The Morgan fingerprint density at radius 1 is 1.44 bits per heavy atom. The molecule has 2 rings (SSSR count). The maximum Gasteiger partial charge on any atom is 0.122 e. The lowest BCUT2D eigenvalue weighted by Crippen LogP contribution is -2.54. The van der Waals surface area contributed by atoms with Crippen LogP contribution in [0.15, 0.2) is 0 Å². The van der Waals surface area contributed by atoms with Crippen LogP contribution in [0.25, 0.3) is 0 Å². The van der Waals surface area contributed by atoms with Crippen molar-refractivity contribution in [3.05, 3.63) is 0 Å². The molecule has 18 heavy (non-hydrogen) atoms. The Morgan fingerprint density at radius 3 is 2.56 bits per heavy atom. The monoisotopic (exact) mass is 249 g/mol. The van der Waals surface area contributed by atoms with E-state index >= 15 is 0 Å². The van der Waals surface area contributed by atoms with Gasteiger partial charge in [-0.25, -0.2) is 0 Å². The molecule has 3 unspecified atom stereocenters. The summed E-state index contributed by atoms with van der Waals surface area (Å²) in [7, 11) is 2.17. The number of nitrogens with zero attached hydrogens (tertiary/aromatic N) is 2. The second-order valence-corrected chi connectivity index (χ2v) is 6.45. The first kappa shape index (κ1) is 13.8. The third kappa shape index (κ3) is 3.24. The molecule has 2 fully saturated rings. The maximum absolute atomic E-state index is 9.63. The van der Waals surface area contributed by atoms with E-state index in [1.54, 1.807) is 0 Å². The number of nitriles is 1. The molecule has 2 aliphatic rings. The maximum atomic E-state index is 9.63. The van der Waals surface area contributed by atoms with E-state index < -0.39 is 0 Å². The largest absolute Gasteiger partial charge is 0.303 e. The molecule has 0 bridgehead atoms. The average molecular weight is 249 g/mol. The van der Waals surface area contributed by atoms with Crippen molar-refractivity contribution in [3.8, 4) is 6.07 Å². The smallest absolute Gasteiger partial charge is 0.122 e. The third-order valence-corrected chi connectivity index (χ3v) is 4.51. The highest BCUT2D eigenvalue weighted by molar-refractivity contribution is 5.16. The Hall–Kier alpha value is -0.590. The molecule has 0 radical (unpaired) electrons. The van der Waals surface area contributed by atoms with Crippen LogP contribution >= 0.6 is 0 Å². The van der Waals surface area contributed by atoms with Crippen molar-refractivity contribution in [1.29, 1.82) is 5.26 Å². The molecule has 2 aliphatic carbocycles. The lowest BCUT2D eigenvalue weighted by molar-refractivity contribution is 0.220. The summed E-state index contributed by atoms with van der Waals surface area (Å²) in [5.74, 6) is 2.35. The molecule has 3 nitrogen and oxygen atoms in total. The van der Waals surface area contributed by atoms with Crippen LogP contribution in [0.4, 0.5) is 0 Å². The zero-order valence-corrected chi connectivity index (χ0v) is 12.1. The molecule has 0 aromatic heterocycles. The molecule has 2 saturated carbocycles. The zero-order valence-electron chi connectivity index (χ0n) is 12.1. The second kappa shape index (κ2) is 5.59. The number of likely N-dealkylation sites (N-methyl/N-ethyl adjacent to an activating group) is 1. The lowest BCUT2D eigenvalue weighted by Gasteiger charge is -2.32. The summed E-state index contributed by atoms with van der Waals surface area (Å²) in [5, 5.41) is 13.2. The van der Waals surface area contributed by atoms with Gasteiger partial charge < -0.3 is 4.90 Å². The van der Waals surface area contributed by atoms with Gasteiger partial charge in [-0.2, -0.15) is 5.26 Å². The van der Waals surface area contributed by atoms with Gasteiger partial charge in [-0.05, 0) is 57.0 Å². The van der Waals surface area contributed by atoms with E-state index in [1.807, 2.05) is 0 Å². The molecule has 1 N–H and O–H groups in total. The molecule has 0 heterocycles. The summed E-state index contributed by atoms with van der Waals surface area (Å²) in [6, 6.07) is 2.60. The van der Waals surface area contributed by atoms with Crippen molar-refractivity contribution in [2.75, 3.05) is 26.7 Å². The van der Waals surface area contributed by atoms with E-state index in [-0.39, 0.29) is 5.54 Å². The van der Waals surface area contributed by atoms with E-state index in [2.05, 4.69) is 37.2 Å². The molecule has 0 amide bonds. The minimum Gasteiger partial charge on any atom is -0.303 e. The minimum atomic E-state index is -0.289. The van der Waals surface area contributed by atoms with Gasteiger partial charge >= 0.3 is 0 Å². The SMILES string of the molecule is CCCNC(C#N)(CN(C)CC1CC1C)C1CC1. The van der Waals surface area contributed by atoms with Crippen LogP contribution in [0.1, 0.15) is 39.5 Å². The van der Waals surface area contributed by atoms with Crippen LogP contribution in [0.2, 0.25) is 0 Å². The van der Waals surface area contributed by atoms with E-state index in [4.69, 9.17) is 0 Å². The Morgan fingerprint density at radius 2 is 2.11 bits per heavy atom. The number of nitrogens with one attached hydrogen (secondary N) is 1. The molecule has 0 saturated heterocycles. The number of hydrogen-bond acceptors (Lipinski definition) is 3. The highest BCUT2D eigenvalue weighted by atomic mass is 15.2. The summed E-state index contributed by atoms with van der Waals surface area (Å²) in [6.07, 6.45) is 4.91. The van der Waals surface area contributed by atoms with E-state index in [0.29, 0.717) is 5.92 Å². The summed E-state index contributed by atoms with van der Waals surface area (Å²) < 4.78 is 0. The van der Waals surface area contributed by atoms with Crippen molar-refractivity contribution in [3.63, 3.8) is 0 Å². The normalized spacial score (nSPS) is 29.9. The predicted molar refractivity (Wildman–Crippen MR) is 74.1 cm³/mol. The molecule has 0 aliphatic heterocycles. The lowest BCUT2D eigenvalue weighted by atomic mass is 9.94. The van der Waals surface area contributed by atoms with Crippen LogP contribution in [0.5, 0.6) is 0 Å². The van der Waals surface area contributed by atoms with Crippen LogP contribution in [0.3, 0.4) is 0 Å². The highest BCUT2D eigenvalue weighted by Gasteiger charge is 2.46. The quantitative estimate of drug-likeness (QED) is 0.717. The van der Waals surface area contributed by atoms with Crippen molar-refractivity contribution < 1.29 is 0 Å². The fourth-order valence-electron chi connectivity index (χ4n) is 2.96. The molecule has 102 valence electrons. The summed E-state index contributed by atoms with van der Waals surface area (Å²) in [4.78, 5) is 2.37. The van der Waals surface area contributed by atoms with Gasteiger partial charge in [0.25, 0.3) is 0 Å². The van der Waals surface area contributed by atoms with Crippen LogP contribution in [0, 0.1) is 29.1 Å². The average Bonchev–Trinajstić information content (AvgIpc) is 3.23. The minimum absolute atomic E-state index is 0.289. The standard InChI is InChI=1S/C15H27N3/c1-4-7-17-15(10-16,14-5-6-14)11-18(3)9-13-8-12(13)2/h12-14,17H,4-9,11H2,1-3H3. The van der Waals surface area contributed by atoms with E-state index in [0.717, 1.165) is 37.9 Å². The Balaban J connectivity index is 1.89. The molecular weight excluding hydrogens is 222 g/mol. The van der Waals surface area contributed by atoms with Gasteiger partial charge in [0.1, 0.15) is 5.54 Å². The molecular formula is C15H27N3. The van der Waals surface area contributed by atoms with Crippen molar-refractivity contribution in [1.82, 2.24) is 10.2 Å². The van der Waals surface area contributed by atoms with Crippen molar-refractivity contribution in [2.24, 2.45) is 17.8 Å². The molecule has 3 heteroatoms. The van der Waals surface area contributed by atoms with Crippen LogP contribution < -0.4 is 5.32 Å². The van der Waals surface area contributed by atoms with Gasteiger partial charge in [0.15, 0.2) is 0 Å². The van der Waals surface area contributed by atoms with Gasteiger partial charge in [0, 0.05) is 13.1 Å². The topological polar surface area (TPSA) is 39.1 Å². The van der Waals surface area contributed by atoms with Gasteiger partial charge in [-0.15, -0.1) is 0 Å². The van der Waals surface area contributed by atoms with Gasteiger partial charge in [-0.3, -0.25) is 5.32 Å². The third-order valence-electron chi connectivity index (χ3n) is 4.51. The van der Waals surface area contributed by atoms with Crippen LogP contribution in [-0.4, -0.2) is 37.1 Å². The Bertz CT molecular complexity index is 318. The number of rotatable bonds is 8. The van der Waals surface area contributed by atoms with Gasteiger partial charge in [-0.1, -0.05) is 13.8 Å².